The average molecular weight is 404 g/mol. The number of nitrogens with one attached hydrogen (secondary N) is 2. The van der Waals surface area contributed by atoms with Gasteiger partial charge < -0.3 is 5.32 Å². The Morgan fingerprint density at radius 3 is 2.64 bits per heavy atom. The van der Waals surface area contributed by atoms with Crippen molar-refractivity contribution in [3.63, 3.8) is 0 Å². The van der Waals surface area contributed by atoms with Gasteiger partial charge in [0.15, 0.2) is 0 Å². The summed E-state index contributed by atoms with van der Waals surface area (Å²) in [5.41, 5.74) is 0.0842. The average Bonchev–Trinajstić information content (AvgIpc) is 3.19. The van der Waals surface area contributed by atoms with Crippen LogP contribution in [0, 0.1) is 17.8 Å². The van der Waals surface area contributed by atoms with E-state index in [9.17, 15) is 14.4 Å². The minimum absolute atomic E-state index is 0.151. The smallest absolute Gasteiger partial charge is 0.250 e. The van der Waals surface area contributed by atoms with Crippen LogP contribution in [0.25, 0.3) is 0 Å². The SMILES string of the molecule is CCCCN1C(=O)[C@H]2[C@H](CC(C)C)N[C@@]3(C(=O)Nc4ccc(Cl)cc43)[C@@H]2C1=O. The summed E-state index contributed by atoms with van der Waals surface area (Å²) in [6.45, 7) is 6.60. The monoisotopic (exact) mass is 403 g/mol. The molecule has 0 unspecified atom stereocenters. The molecule has 3 aliphatic heterocycles. The van der Waals surface area contributed by atoms with Crippen molar-refractivity contribution in [3.8, 4) is 0 Å². The van der Waals surface area contributed by atoms with E-state index in [4.69, 9.17) is 11.6 Å². The van der Waals surface area contributed by atoms with Gasteiger partial charge in [-0.1, -0.05) is 38.8 Å². The molecule has 3 aliphatic rings. The zero-order chi connectivity index (χ0) is 20.2. The van der Waals surface area contributed by atoms with Gasteiger partial charge in [0.05, 0.1) is 11.8 Å². The Morgan fingerprint density at radius 2 is 1.96 bits per heavy atom. The van der Waals surface area contributed by atoms with Gasteiger partial charge in [0.2, 0.25) is 17.7 Å². The topological polar surface area (TPSA) is 78.5 Å². The molecule has 0 radical (unpaired) electrons. The van der Waals surface area contributed by atoms with Crippen LogP contribution in [0.3, 0.4) is 0 Å². The van der Waals surface area contributed by atoms with Crippen LogP contribution in [0.1, 0.15) is 45.6 Å². The van der Waals surface area contributed by atoms with E-state index in [1.54, 1.807) is 18.2 Å². The molecule has 1 aromatic rings. The summed E-state index contributed by atoms with van der Waals surface area (Å²) < 4.78 is 0. The van der Waals surface area contributed by atoms with Gasteiger partial charge >= 0.3 is 0 Å². The standard InChI is InChI=1S/C21H26ClN3O3/c1-4-5-8-25-18(26)16-15(9-11(2)3)24-21(17(16)19(25)27)13-10-12(22)6-7-14(13)23-20(21)28/h6-7,10-11,15-17,24H,4-5,8-9H2,1-3H3,(H,23,28)/t15-,16-,17-,21+/m0/s1. The highest BCUT2D eigenvalue weighted by Crippen LogP contribution is 2.54. The maximum atomic E-state index is 13.4. The molecule has 0 saturated carbocycles. The second kappa shape index (κ2) is 6.85. The largest absolute Gasteiger partial charge is 0.324 e. The second-order valence-electron chi connectivity index (χ2n) is 8.52. The van der Waals surface area contributed by atoms with Gasteiger partial charge in [-0.3, -0.25) is 24.6 Å². The maximum absolute atomic E-state index is 13.4. The first-order valence-corrected chi connectivity index (χ1v) is 10.4. The third-order valence-corrected chi connectivity index (χ3v) is 6.46. The Morgan fingerprint density at radius 1 is 1.21 bits per heavy atom. The van der Waals surface area contributed by atoms with Crippen LogP contribution in [0.2, 0.25) is 5.02 Å². The number of nitrogens with zero attached hydrogens (tertiary/aromatic N) is 1. The number of carbonyl (C=O) groups excluding carboxylic acids is 3. The highest BCUT2D eigenvalue weighted by atomic mass is 35.5. The lowest BCUT2D eigenvalue weighted by Crippen LogP contribution is -2.53. The van der Waals surface area contributed by atoms with E-state index in [0.717, 1.165) is 12.8 Å². The summed E-state index contributed by atoms with van der Waals surface area (Å²) in [6, 6.07) is 4.98. The number of carbonyl (C=O) groups is 3. The first kappa shape index (κ1) is 19.4. The Hall–Kier alpha value is -1.92. The molecule has 2 fully saturated rings. The van der Waals surface area contributed by atoms with E-state index in [0.29, 0.717) is 35.2 Å². The lowest BCUT2D eigenvalue weighted by atomic mass is 9.76. The zero-order valence-electron chi connectivity index (χ0n) is 16.4. The van der Waals surface area contributed by atoms with Crippen molar-refractivity contribution < 1.29 is 14.4 Å². The molecule has 2 saturated heterocycles. The minimum Gasteiger partial charge on any atom is -0.324 e. The van der Waals surface area contributed by atoms with Crippen molar-refractivity contribution in [2.24, 2.45) is 17.8 Å². The summed E-state index contributed by atoms with van der Waals surface area (Å²) in [6.07, 6.45) is 2.37. The summed E-state index contributed by atoms with van der Waals surface area (Å²) in [5.74, 6) is -1.61. The molecule has 0 bridgehead atoms. The molecular weight excluding hydrogens is 378 g/mol. The summed E-state index contributed by atoms with van der Waals surface area (Å²) in [7, 11) is 0. The number of unbranched alkanes of at least 4 members (excludes halogenated alkanes) is 1. The Bertz CT molecular complexity index is 855. The normalized spacial score (nSPS) is 31.1. The third-order valence-electron chi connectivity index (χ3n) is 6.23. The fourth-order valence-corrected chi connectivity index (χ4v) is 5.25. The molecule has 6 nitrogen and oxygen atoms in total. The van der Waals surface area contributed by atoms with Crippen LogP contribution >= 0.6 is 11.6 Å². The number of hydrogen-bond donors (Lipinski definition) is 2. The van der Waals surface area contributed by atoms with Crippen molar-refractivity contribution in [2.45, 2.75) is 51.6 Å². The Labute approximate surface area is 170 Å². The fraction of sp³-hybridized carbons (Fsp3) is 0.571. The molecule has 4 rings (SSSR count). The number of hydrogen-bond acceptors (Lipinski definition) is 4. The predicted molar refractivity (Wildman–Crippen MR) is 107 cm³/mol. The quantitative estimate of drug-likeness (QED) is 0.741. The molecule has 3 amide bonds. The lowest BCUT2D eigenvalue weighted by Gasteiger charge is -2.30. The van der Waals surface area contributed by atoms with Crippen LogP contribution in [0.5, 0.6) is 0 Å². The van der Waals surface area contributed by atoms with Gasteiger partial charge in [0.25, 0.3) is 0 Å². The summed E-state index contributed by atoms with van der Waals surface area (Å²) in [4.78, 5) is 41.2. The van der Waals surface area contributed by atoms with Crippen LogP contribution in [-0.4, -0.2) is 35.2 Å². The van der Waals surface area contributed by atoms with Crippen molar-refractivity contribution in [1.82, 2.24) is 10.2 Å². The first-order chi connectivity index (χ1) is 13.3. The van der Waals surface area contributed by atoms with E-state index in [2.05, 4.69) is 24.5 Å². The van der Waals surface area contributed by atoms with Gasteiger partial charge in [-0.15, -0.1) is 0 Å². The molecule has 3 heterocycles. The molecule has 1 aromatic carbocycles. The van der Waals surface area contributed by atoms with Gasteiger partial charge in [-0.2, -0.15) is 0 Å². The third kappa shape index (κ3) is 2.61. The maximum Gasteiger partial charge on any atom is 0.250 e. The number of rotatable bonds is 5. The van der Waals surface area contributed by atoms with E-state index in [-0.39, 0.29) is 23.8 Å². The van der Waals surface area contributed by atoms with Gasteiger partial charge in [-0.25, -0.2) is 0 Å². The van der Waals surface area contributed by atoms with Gasteiger partial charge in [0.1, 0.15) is 5.54 Å². The molecule has 4 atom stereocenters. The fourth-order valence-electron chi connectivity index (χ4n) is 5.08. The van der Waals surface area contributed by atoms with Gasteiger partial charge in [-0.05, 0) is 37.0 Å². The summed E-state index contributed by atoms with van der Waals surface area (Å²) >= 11 is 6.23. The number of benzene rings is 1. The number of halogens is 1. The Kier molecular flexibility index (Phi) is 4.74. The first-order valence-electron chi connectivity index (χ1n) is 10.1. The molecule has 0 aliphatic carbocycles. The molecule has 0 aromatic heterocycles. The highest BCUT2D eigenvalue weighted by molar-refractivity contribution is 6.31. The van der Waals surface area contributed by atoms with Crippen LogP contribution in [0.4, 0.5) is 5.69 Å². The molecule has 150 valence electrons. The van der Waals surface area contributed by atoms with Crippen LogP contribution < -0.4 is 10.6 Å². The van der Waals surface area contributed by atoms with Crippen LogP contribution in [0.15, 0.2) is 18.2 Å². The molecule has 28 heavy (non-hydrogen) atoms. The van der Waals surface area contributed by atoms with Gasteiger partial charge in [0, 0.05) is 28.9 Å². The minimum atomic E-state index is -1.24. The number of amides is 3. The molecule has 2 N–H and O–H groups in total. The number of imide groups is 1. The molecular formula is C21H26ClN3O3. The lowest BCUT2D eigenvalue weighted by molar-refractivity contribution is -0.142. The molecule has 1 spiro atoms. The van der Waals surface area contributed by atoms with E-state index in [1.165, 1.54) is 4.90 Å². The number of fused-ring (bicyclic) bond motifs is 4. The summed E-state index contributed by atoms with van der Waals surface area (Å²) in [5, 5.41) is 6.83. The predicted octanol–water partition coefficient (Wildman–Crippen LogP) is 2.91. The van der Waals surface area contributed by atoms with Crippen molar-refractivity contribution in [1.29, 1.82) is 0 Å². The Balaban J connectivity index is 1.84. The zero-order valence-corrected chi connectivity index (χ0v) is 17.2. The van der Waals surface area contributed by atoms with Crippen molar-refractivity contribution in [3.05, 3.63) is 28.8 Å². The van der Waals surface area contributed by atoms with Crippen molar-refractivity contribution in [2.75, 3.05) is 11.9 Å². The number of anilines is 1. The number of likely N-dealkylation sites (tertiary alicyclic amines) is 1. The van der Waals surface area contributed by atoms with E-state index >= 15 is 0 Å². The second-order valence-corrected chi connectivity index (χ2v) is 8.95. The molecule has 7 heteroatoms. The highest BCUT2D eigenvalue weighted by Gasteiger charge is 2.70. The van der Waals surface area contributed by atoms with E-state index < -0.39 is 17.4 Å². The van der Waals surface area contributed by atoms with Crippen LogP contribution in [-0.2, 0) is 19.9 Å². The van der Waals surface area contributed by atoms with E-state index in [1.807, 2.05) is 6.92 Å². The van der Waals surface area contributed by atoms with Crippen molar-refractivity contribution >= 4 is 35.0 Å².